The van der Waals surface area contributed by atoms with E-state index in [0.29, 0.717) is 24.2 Å². The van der Waals surface area contributed by atoms with E-state index < -0.39 is 5.92 Å². The topological polar surface area (TPSA) is 88.3 Å². The molecule has 2 aliphatic rings. The standard InChI is InChI=1S/C23H22N4O3/c28-20-13-17(22(29)24-18-9-2-1-3-10-18)14-27(20)19-11-5-8-16(12-19)21-25-23(30-26-21)15-6-4-7-15/h1-3,5,8-12,15,17H,4,6-7,13-14H2,(H,24,29)/t17-/m0/s1. The average molecular weight is 402 g/mol. The summed E-state index contributed by atoms with van der Waals surface area (Å²) in [5.74, 6) is 0.996. The Hall–Kier alpha value is -3.48. The Labute approximate surface area is 174 Å². The lowest BCUT2D eigenvalue weighted by Gasteiger charge is -2.20. The predicted molar refractivity (Wildman–Crippen MR) is 112 cm³/mol. The van der Waals surface area contributed by atoms with E-state index in [2.05, 4.69) is 15.5 Å². The van der Waals surface area contributed by atoms with E-state index in [-0.39, 0.29) is 18.2 Å². The van der Waals surface area contributed by atoms with E-state index in [1.54, 1.807) is 4.90 Å². The molecule has 7 nitrogen and oxygen atoms in total. The molecule has 2 amide bonds. The highest BCUT2D eigenvalue weighted by atomic mass is 16.5. The molecule has 7 heteroatoms. The monoisotopic (exact) mass is 402 g/mol. The van der Waals surface area contributed by atoms with Gasteiger partial charge >= 0.3 is 0 Å². The summed E-state index contributed by atoms with van der Waals surface area (Å²) in [5.41, 5.74) is 2.27. The summed E-state index contributed by atoms with van der Waals surface area (Å²) in [6, 6.07) is 16.8. The van der Waals surface area contributed by atoms with Crippen LogP contribution in [0.5, 0.6) is 0 Å². The Morgan fingerprint density at radius 2 is 1.93 bits per heavy atom. The van der Waals surface area contributed by atoms with Gasteiger partial charge in [0.1, 0.15) is 0 Å². The third-order valence-electron chi connectivity index (χ3n) is 5.85. The van der Waals surface area contributed by atoms with Crippen LogP contribution in [0.3, 0.4) is 0 Å². The molecule has 1 aliphatic carbocycles. The fourth-order valence-electron chi connectivity index (χ4n) is 3.88. The summed E-state index contributed by atoms with van der Waals surface area (Å²) >= 11 is 0. The lowest BCUT2D eigenvalue weighted by Crippen LogP contribution is -2.28. The number of benzene rings is 2. The number of hydrogen-bond acceptors (Lipinski definition) is 5. The Kier molecular flexibility index (Phi) is 4.78. The van der Waals surface area contributed by atoms with Crippen molar-refractivity contribution in [1.82, 2.24) is 10.1 Å². The summed E-state index contributed by atoms with van der Waals surface area (Å²) in [5, 5.41) is 7.00. The minimum Gasteiger partial charge on any atom is -0.339 e. The zero-order valence-corrected chi connectivity index (χ0v) is 16.5. The number of anilines is 2. The smallest absolute Gasteiger partial charge is 0.230 e. The molecule has 1 aromatic heterocycles. The second kappa shape index (κ2) is 7.74. The molecule has 3 aromatic rings. The molecule has 0 radical (unpaired) electrons. The van der Waals surface area contributed by atoms with Gasteiger partial charge in [-0.1, -0.05) is 41.9 Å². The van der Waals surface area contributed by atoms with Gasteiger partial charge in [0.05, 0.1) is 5.92 Å². The molecule has 152 valence electrons. The van der Waals surface area contributed by atoms with E-state index in [0.717, 1.165) is 29.8 Å². The molecule has 1 saturated carbocycles. The van der Waals surface area contributed by atoms with Crippen LogP contribution in [0.15, 0.2) is 59.1 Å². The van der Waals surface area contributed by atoms with Crippen molar-refractivity contribution in [3.63, 3.8) is 0 Å². The molecule has 0 unspecified atom stereocenters. The summed E-state index contributed by atoms with van der Waals surface area (Å²) in [4.78, 5) is 31.4. The number of aromatic nitrogens is 2. The fourth-order valence-corrected chi connectivity index (χ4v) is 3.88. The summed E-state index contributed by atoms with van der Waals surface area (Å²) in [7, 11) is 0. The third-order valence-corrected chi connectivity index (χ3v) is 5.85. The number of nitrogens with zero attached hydrogens (tertiary/aromatic N) is 3. The molecule has 1 aliphatic heterocycles. The number of hydrogen-bond donors (Lipinski definition) is 1. The lowest BCUT2D eigenvalue weighted by molar-refractivity contribution is -0.122. The Balaban J connectivity index is 1.30. The highest BCUT2D eigenvalue weighted by Gasteiger charge is 2.35. The summed E-state index contributed by atoms with van der Waals surface area (Å²) in [6.45, 7) is 0.348. The van der Waals surface area contributed by atoms with Crippen molar-refractivity contribution < 1.29 is 14.1 Å². The largest absolute Gasteiger partial charge is 0.339 e. The van der Waals surface area contributed by atoms with E-state index >= 15 is 0 Å². The zero-order chi connectivity index (χ0) is 20.5. The molecular weight excluding hydrogens is 380 g/mol. The maximum atomic E-state index is 12.6. The molecule has 1 atom stereocenters. The number of rotatable bonds is 5. The van der Waals surface area contributed by atoms with Crippen LogP contribution in [0, 0.1) is 5.92 Å². The summed E-state index contributed by atoms with van der Waals surface area (Å²) < 4.78 is 5.42. The SMILES string of the molecule is O=C(Nc1ccccc1)[C@H]1CC(=O)N(c2cccc(-c3noc(C4CCC4)n3)c2)C1. The van der Waals surface area contributed by atoms with Crippen LogP contribution in [-0.2, 0) is 9.59 Å². The van der Waals surface area contributed by atoms with Gasteiger partial charge in [0.15, 0.2) is 0 Å². The Bertz CT molecular complexity index is 1070. The second-order valence-electron chi connectivity index (χ2n) is 7.90. The molecule has 1 saturated heterocycles. The minimum absolute atomic E-state index is 0.0661. The molecule has 0 bridgehead atoms. The Morgan fingerprint density at radius 3 is 2.70 bits per heavy atom. The first-order valence-electron chi connectivity index (χ1n) is 10.3. The highest BCUT2D eigenvalue weighted by Crippen LogP contribution is 2.36. The van der Waals surface area contributed by atoms with Crippen molar-refractivity contribution in [2.75, 3.05) is 16.8 Å². The quantitative estimate of drug-likeness (QED) is 0.697. The zero-order valence-electron chi connectivity index (χ0n) is 16.5. The first-order valence-corrected chi connectivity index (χ1v) is 10.3. The van der Waals surface area contributed by atoms with Crippen molar-refractivity contribution in [2.45, 2.75) is 31.6 Å². The van der Waals surface area contributed by atoms with Crippen molar-refractivity contribution in [3.05, 3.63) is 60.5 Å². The first kappa shape index (κ1) is 18.5. The highest BCUT2D eigenvalue weighted by molar-refractivity contribution is 6.03. The van der Waals surface area contributed by atoms with Crippen LogP contribution in [0.4, 0.5) is 11.4 Å². The number of carbonyl (C=O) groups is 2. The first-order chi connectivity index (χ1) is 14.7. The van der Waals surface area contributed by atoms with E-state index in [1.165, 1.54) is 6.42 Å². The van der Waals surface area contributed by atoms with Gasteiger partial charge in [0, 0.05) is 35.8 Å². The van der Waals surface area contributed by atoms with Gasteiger partial charge in [-0.2, -0.15) is 4.98 Å². The molecule has 0 spiro atoms. The molecule has 1 N–H and O–H groups in total. The maximum absolute atomic E-state index is 12.6. The van der Waals surface area contributed by atoms with Crippen molar-refractivity contribution in [1.29, 1.82) is 0 Å². The normalized spacial score (nSPS) is 19.0. The minimum atomic E-state index is -0.392. The second-order valence-corrected chi connectivity index (χ2v) is 7.90. The van der Waals surface area contributed by atoms with E-state index in [9.17, 15) is 9.59 Å². The van der Waals surface area contributed by atoms with E-state index in [4.69, 9.17) is 4.52 Å². The molecular formula is C23H22N4O3. The molecule has 2 fully saturated rings. The van der Waals surface area contributed by atoms with Crippen LogP contribution < -0.4 is 10.2 Å². The fraction of sp³-hybridized carbons (Fsp3) is 0.304. The number of amides is 2. The molecule has 30 heavy (non-hydrogen) atoms. The third kappa shape index (κ3) is 3.58. The van der Waals surface area contributed by atoms with Crippen LogP contribution in [0.25, 0.3) is 11.4 Å². The van der Waals surface area contributed by atoms with E-state index in [1.807, 2.05) is 54.6 Å². The number of nitrogens with one attached hydrogen (secondary N) is 1. The van der Waals surface area contributed by atoms with Crippen LogP contribution in [0.1, 0.15) is 37.5 Å². The van der Waals surface area contributed by atoms with Gasteiger partial charge in [-0.15, -0.1) is 0 Å². The van der Waals surface area contributed by atoms with Gasteiger partial charge in [0.2, 0.25) is 23.5 Å². The number of para-hydroxylation sites is 1. The van der Waals surface area contributed by atoms with Crippen molar-refractivity contribution in [3.8, 4) is 11.4 Å². The molecule has 5 rings (SSSR count). The van der Waals surface area contributed by atoms with Gasteiger partial charge in [0.25, 0.3) is 0 Å². The van der Waals surface area contributed by atoms with Crippen LogP contribution in [0.2, 0.25) is 0 Å². The van der Waals surface area contributed by atoms with Crippen molar-refractivity contribution >= 4 is 23.2 Å². The lowest BCUT2D eigenvalue weighted by atomic mass is 9.85. The average Bonchev–Trinajstić information content (AvgIpc) is 3.35. The number of carbonyl (C=O) groups excluding carboxylic acids is 2. The van der Waals surface area contributed by atoms with Crippen molar-refractivity contribution in [2.24, 2.45) is 5.92 Å². The Morgan fingerprint density at radius 1 is 1.10 bits per heavy atom. The van der Waals surface area contributed by atoms with Gasteiger partial charge in [-0.25, -0.2) is 0 Å². The molecule has 2 aromatic carbocycles. The van der Waals surface area contributed by atoms with Crippen LogP contribution in [-0.4, -0.2) is 28.5 Å². The van der Waals surface area contributed by atoms with Gasteiger partial charge in [-0.3, -0.25) is 9.59 Å². The predicted octanol–water partition coefficient (Wildman–Crippen LogP) is 4.00. The van der Waals surface area contributed by atoms with Gasteiger partial charge < -0.3 is 14.7 Å². The molecule has 2 heterocycles. The van der Waals surface area contributed by atoms with Gasteiger partial charge in [-0.05, 0) is 37.1 Å². The van der Waals surface area contributed by atoms with Crippen LogP contribution >= 0.6 is 0 Å². The maximum Gasteiger partial charge on any atom is 0.230 e. The summed E-state index contributed by atoms with van der Waals surface area (Å²) in [6.07, 6.45) is 3.58.